The maximum Gasteiger partial charge on any atom is 0.145 e. The zero-order valence-corrected chi connectivity index (χ0v) is 37.1. The van der Waals surface area contributed by atoms with Gasteiger partial charge in [0.1, 0.15) is 5.82 Å². The van der Waals surface area contributed by atoms with Gasteiger partial charge in [-0.25, -0.2) is 4.98 Å². The van der Waals surface area contributed by atoms with E-state index in [9.17, 15) is 0 Å². The molecular formula is C60H42BrN3. The first kappa shape index (κ1) is 38.3. The van der Waals surface area contributed by atoms with E-state index in [2.05, 4.69) is 247 Å². The molecule has 0 radical (unpaired) electrons. The predicted octanol–water partition coefficient (Wildman–Crippen LogP) is 15.8. The predicted molar refractivity (Wildman–Crippen MR) is 268 cm³/mol. The molecule has 0 fully saturated rings. The molecule has 1 spiro atoms. The molecule has 1 unspecified atom stereocenters. The van der Waals surface area contributed by atoms with Crippen molar-refractivity contribution in [3.8, 4) is 50.5 Å². The van der Waals surface area contributed by atoms with E-state index in [4.69, 9.17) is 9.98 Å². The molecule has 3 nitrogen and oxygen atoms in total. The summed E-state index contributed by atoms with van der Waals surface area (Å²) in [6.07, 6.45) is 0. The van der Waals surface area contributed by atoms with Crippen LogP contribution in [0.25, 0.3) is 61.5 Å². The van der Waals surface area contributed by atoms with Gasteiger partial charge in [-0.05, 0) is 128 Å². The lowest BCUT2D eigenvalue weighted by molar-refractivity contribution is 0.793. The summed E-state index contributed by atoms with van der Waals surface area (Å²) >= 11 is 3.99. The maximum absolute atomic E-state index is 5.48. The van der Waals surface area contributed by atoms with Crippen LogP contribution >= 0.6 is 15.9 Å². The quantitative estimate of drug-likeness (QED) is 0.147. The third-order valence-corrected chi connectivity index (χ3v) is 14.2. The Hall–Kier alpha value is -7.40. The van der Waals surface area contributed by atoms with Crippen LogP contribution in [0.3, 0.4) is 0 Å². The Morgan fingerprint density at radius 1 is 0.547 bits per heavy atom. The molecule has 0 N–H and O–H groups in total. The van der Waals surface area contributed by atoms with Crippen LogP contribution in [0.2, 0.25) is 0 Å². The summed E-state index contributed by atoms with van der Waals surface area (Å²) in [4.78, 5) is 10.9. The Morgan fingerprint density at radius 3 is 1.91 bits per heavy atom. The molecule has 1 aromatic heterocycles. The van der Waals surface area contributed by atoms with Crippen molar-refractivity contribution < 1.29 is 0 Å². The van der Waals surface area contributed by atoms with Gasteiger partial charge in [-0.1, -0.05) is 181 Å². The fourth-order valence-electron chi connectivity index (χ4n) is 10.7. The molecule has 304 valence electrons. The molecule has 4 heteroatoms. The normalized spacial score (nSPS) is 15.2. The number of hydrogen-bond acceptors (Lipinski definition) is 2. The van der Waals surface area contributed by atoms with E-state index in [1.807, 2.05) is 0 Å². The third-order valence-electron chi connectivity index (χ3n) is 13.6. The largest absolute Gasteiger partial charge is 0.292 e. The van der Waals surface area contributed by atoms with Gasteiger partial charge in [-0.15, -0.1) is 0 Å². The van der Waals surface area contributed by atoms with Gasteiger partial charge in [0.05, 0.1) is 22.1 Å². The standard InChI is InChI=1S/C60H42BrN3/c1-38(40-19-5-3-6-20-40)45-23-11-14-32-54(45)62-39(2)41-35-42(37-43(36-41)59-63-55-33-15-16-34-56(55)64(59)44-21-7-4-8-22-44)46-26-17-29-51-57(46)47-24-9-12-27-49(47)60(51)50-28-13-10-25-48(50)58-52(60)30-18-31-53(58)61/h3-38H,1-2H3/b62-39+/t38-,60?/m0/s1. The number of nitrogens with zero attached hydrogens (tertiary/aromatic N) is 3. The molecule has 2 aliphatic carbocycles. The molecule has 9 aromatic carbocycles. The Labute approximate surface area is 382 Å². The van der Waals surface area contributed by atoms with Gasteiger partial charge >= 0.3 is 0 Å². The summed E-state index contributed by atoms with van der Waals surface area (Å²) in [5.41, 5.74) is 21.6. The van der Waals surface area contributed by atoms with Crippen molar-refractivity contribution >= 4 is 38.4 Å². The van der Waals surface area contributed by atoms with Crippen molar-refractivity contribution in [2.75, 3.05) is 0 Å². The second-order valence-electron chi connectivity index (χ2n) is 17.0. The number of rotatable bonds is 7. The molecule has 0 saturated carbocycles. The second-order valence-corrected chi connectivity index (χ2v) is 17.9. The number of fused-ring (bicyclic) bond motifs is 11. The zero-order valence-electron chi connectivity index (χ0n) is 35.5. The lowest BCUT2D eigenvalue weighted by atomic mass is 9.70. The average molecular weight is 885 g/mol. The highest BCUT2D eigenvalue weighted by Gasteiger charge is 2.52. The van der Waals surface area contributed by atoms with E-state index in [1.54, 1.807) is 0 Å². The lowest BCUT2D eigenvalue weighted by Gasteiger charge is -2.30. The Kier molecular flexibility index (Phi) is 9.06. The van der Waals surface area contributed by atoms with Crippen molar-refractivity contribution in [3.05, 3.63) is 256 Å². The van der Waals surface area contributed by atoms with Gasteiger partial charge < -0.3 is 0 Å². The van der Waals surface area contributed by atoms with E-state index in [0.717, 1.165) is 55.1 Å². The first-order valence-corrected chi connectivity index (χ1v) is 22.8. The van der Waals surface area contributed by atoms with E-state index in [1.165, 1.54) is 61.2 Å². The van der Waals surface area contributed by atoms with Gasteiger partial charge in [0.2, 0.25) is 0 Å². The van der Waals surface area contributed by atoms with Crippen molar-refractivity contribution in [1.82, 2.24) is 9.55 Å². The highest BCUT2D eigenvalue weighted by molar-refractivity contribution is 9.10. The summed E-state index contributed by atoms with van der Waals surface area (Å²) in [5, 5.41) is 0. The van der Waals surface area contributed by atoms with E-state index >= 15 is 0 Å². The van der Waals surface area contributed by atoms with Crippen molar-refractivity contribution in [2.45, 2.75) is 25.2 Å². The maximum atomic E-state index is 5.48. The minimum absolute atomic E-state index is 0.174. The number of para-hydroxylation sites is 4. The van der Waals surface area contributed by atoms with Crippen LogP contribution in [-0.2, 0) is 5.41 Å². The van der Waals surface area contributed by atoms with Crippen LogP contribution < -0.4 is 0 Å². The fraction of sp³-hybridized carbons (Fsp3) is 0.0667. The molecule has 2 aliphatic rings. The highest BCUT2D eigenvalue weighted by atomic mass is 79.9. The van der Waals surface area contributed by atoms with E-state index in [-0.39, 0.29) is 5.92 Å². The summed E-state index contributed by atoms with van der Waals surface area (Å²) < 4.78 is 3.41. The summed E-state index contributed by atoms with van der Waals surface area (Å²) in [7, 11) is 0. The zero-order chi connectivity index (χ0) is 42.9. The number of halogens is 1. The first-order valence-electron chi connectivity index (χ1n) is 22.0. The minimum Gasteiger partial charge on any atom is -0.292 e. The molecule has 1 heterocycles. The van der Waals surface area contributed by atoms with Gasteiger partial charge in [0.15, 0.2) is 0 Å². The first-order chi connectivity index (χ1) is 31.5. The van der Waals surface area contributed by atoms with Crippen molar-refractivity contribution in [2.24, 2.45) is 4.99 Å². The molecule has 0 saturated heterocycles. The van der Waals surface area contributed by atoms with Gasteiger partial charge in [0.25, 0.3) is 0 Å². The Bertz CT molecular complexity index is 3490. The fourth-order valence-corrected chi connectivity index (χ4v) is 11.3. The number of hydrogen-bond donors (Lipinski definition) is 0. The smallest absolute Gasteiger partial charge is 0.145 e. The van der Waals surface area contributed by atoms with Crippen LogP contribution in [0.1, 0.15) is 58.7 Å². The average Bonchev–Trinajstić information content (AvgIpc) is 4.00. The number of aromatic nitrogens is 2. The highest BCUT2D eigenvalue weighted by Crippen LogP contribution is 2.65. The SMILES string of the molecule is C/C(=N\c1ccccc1[C@@H](C)c1ccccc1)c1cc(-c2cccc3c2-c2ccccc2C32c3ccccc3-c3c(Br)cccc32)cc(-c2nc3ccccc3n2-c2ccccc2)c1. The number of imidazole rings is 1. The molecule has 2 atom stereocenters. The molecule has 64 heavy (non-hydrogen) atoms. The van der Waals surface area contributed by atoms with E-state index < -0.39 is 5.41 Å². The topological polar surface area (TPSA) is 30.2 Å². The third kappa shape index (κ3) is 5.79. The van der Waals surface area contributed by atoms with E-state index in [0.29, 0.717) is 0 Å². The monoisotopic (exact) mass is 883 g/mol. The van der Waals surface area contributed by atoms with Crippen molar-refractivity contribution in [1.29, 1.82) is 0 Å². The van der Waals surface area contributed by atoms with Crippen molar-refractivity contribution in [3.63, 3.8) is 0 Å². The second kappa shape index (κ2) is 15.1. The number of benzene rings is 9. The molecule has 0 bridgehead atoms. The van der Waals surface area contributed by atoms with Crippen LogP contribution in [0, 0.1) is 0 Å². The molecule has 12 rings (SSSR count). The molecule has 10 aromatic rings. The Balaban J connectivity index is 1.12. The van der Waals surface area contributed by atoms with Crippen LogP contribution in [0.15, 0.2) is 222 Å². The summed E-state index contributed by atoms with van der Waals surface area (Å²) in [5.74, 6) is 1.06. The summed E-state index contributed by atoms with van der Waals surface area (Å²) in [6, 6.07) is 77.0. The summed E-state index contributed by atoms with van der Waals surface area (Å²) in [6.45, 7) is 4.42. The van der Waals surface area contributed by atoms with Crippen LogP contribution in [-0.4, -0.2) is 15.3 Å². The lowest BCUT2D eigenvalue weighted by Crippen LogP contribution is -2.25. The van der Waals surface area contributed by atoms with Crippen LogP contribution in [0.4, 0.5) is 5.69 Å². The number of aliphatic imine (C=N–C) groups is 1. The molecule has 0 amide bonds. The van der Waals surface area contributed by atoms with Gasteiger partial charge in [-0.3, -0.25) is 9.56 Å². The molecular weight excluding hydrogens is 843 g/mol. The Morgan fingerprint density at radius 2 is 1.12 bits per heavy atom. The van der Waals surface area contributed by atoms with Gasteiger partial charge in [-0.2, -0.15) is 0 Å². The minimum atomic E-state index is -0.476. The van der Waals surface area contributed by atoms with Gasteiger partial charge in [0, 0.05) is 32.9 Å². The molecule has 0 aliphatic heterocycles. The van der Waals surface area contributed by atoms with Crippen LogP contribution in [0.5, 0.6) is 0 Å².